The van der Waals surface area contributed by atoms with Crippen LogP contribution in [0.15, 0.2) is 24.3 Å². The van der Waals surface area contributed by atoms with Crippen LogP contribution in [0.1, 0.15) is 19.3 Å². The molecule has 2 bridgehead atoms. The SMILES string of the molecule is C#C/C=C/C[C@H]1O[C@@H]2C[C@H]1O[C@H]2C[C@H](O)/C=C/CCl. The molecular formula is C15H19ClO3. The van der Waals surface area contributed by atoms with Gasteiger partial charge in [-0.05, 0) is 12.5 Å². The van der Waals surface area contributed by atoms with Gasteiger partial charge in [0.15, 0.2) is 0 Å². The summed E-state index contributed by atoms with van der Waals surface area (Å²) in [5, 5.41) is 9.79. The average Bonchev–Trinajstić information content (AvgIpc) is 2.96. The standard InChI is InChI=1S/C15H19ClO3/c1-2-3-4-7-12-14-10-15(18-12)13(19-14)9-11(17)6-5-8-16/h1,3-6,11-15,17H,7-10H2/b4-3+,6-5+/t11-,12-,13+,14-,15-/m1/s1. The summed E-state index contributed by atoms with van der Waals surface area (Å²) in [5.41, 5.74) is 0. The molecule has 5 atom stereocenters. The van der Waals surface area contributed by atoms with Gasteiger partial charge in [0, 0.05) is 18.7 Å². The molecule has 0 radical (unpaired) electrons. The second-order valence-corrected chi connectivity index (χ2v) is 5.16. The van der Waals surface area contributed by atoms with Gasteiger partial charge in [-0.25, -0.2) is 0 Å². The van der Waals surface area contributed by atoms with Crippen molar-refractivity contribution in [3.05, 3.63) is 24.3 Å². The molecule has 2 aliphatic heterocycles. The van der Waals surface area contributed by atoms with E-state index in [9.17, 15) is 5.11 Å². The summed E-state index contributed by atoms with van der Waals surface area (Å²) in [5.74, 6) is 2.87. The molecule has 1 N–H and O–H groups in total. The summed E-state index contributed by atoms with van der Waals surface area (Å²) < 4.78 is 11.8. The number of alkyl halides is 1. The van der Waals surface area contributed by atoms with E-state index < -0.39 is 6.10 Å². The molecule has 0 aliphatic carbocycles. The Hall–Kier alpha value is -0.790. The van der Waals surface area contributed by atoms with Crippen LogP contribution in [0.25, 0.3) is 0 Å². The molecule has 0 aromatic carbocycles. The maximum absolute atomic E-state index is 9.79. The van der Waals surface area contributed by atoms with Gasteiger partial charge < -0.3 is 14.6 Å². The van der Waals surface area contributed by atoms with Crippen molar-refractivity contribution in [2.75, 3.05) is 5.88 Å². The third-order valence-electron chi connectivity index (χ3n) is 3.50. The lowest BCUT2D eigenvalue weighted by molar-refractivity contribution is -0.142. The molecule has 3 nitrogen and oxygen atoms in total. The molecule has 2 saturated heterocycles. The van der Waals surface area contributed by atoms with Crippen molar-refractivity contribution in [3.63, 3.8) is 0 Å². The normalized spacial score (nSPS) is 35.2. The second-order valence-electron chi connectivity index (χ2n) is 4.85. The van der Waals surface area contributed by atoms with Gasteiger partial charge in [0.2, 0.25) is 0 Å². The summed E-state index contributed by atoms with van der Waals surface area (Å²) in [6.07, 6.45) is 14.2. The quantitative estimate of drug-likeness (QED) is 0.460. The van der Waals surface area contributed by atoms with E-state index >= 15 is 0 Å². The Labute approximate surface area is 119 Å². The molecule has 104 valence electrons. The fraction of sp³-hybridized carbons (Fsp3) is 0.600. The van der Waals surface area contributed by atoms with Crippen LogP contribution in [0.3, 0.4) is 0 Å². The summed E-state index contributed by atoms with van der Waals surface area (Å²) in [6.45, 7) is 0. The highest BCUT2D eigenvalue weighted by Crippen LogP contribution is 2.38. The van der Waals surface area contributed by atoms with Crippen LogP contribution in [0.4, 0.5) is 0 Å². The van der Waals surface area contributed by atoms with Crippen LogP contribution in [-0.2, 0) is 9.47 Å². The lowest BCUT2D eigenvalue weighted by Crippen LogP contribution is -2.37. The number of terminal acetylenes is 1. The fourth-order valence-electron chi connectivity index (χ4n) is 2.65. The highest BCUT2D eigenvalue weighted by atomic mass is 35.5. The number of aliphatic hydroxyl groups excluding tert-OH is 1. The van der Waals surface area contributed by atoms with E-state index in [1.807, 2.05) is 6.08 Å². The van der Waals surface area contributed by atoms with Crippen molar-refractivity contribution in [2.45, 2.75) is 49.8 Å². The number of aliphatic hydroxyl groups is 1. The first-order valence-electron chi connectivity index (χ1n) is 6.57. The zero-order valence-corrected chi connectivity index (χ0v) is 11.5. The summed E-state index contributed by atoms with van der Waals surface area (Å²) in [4.78, 5) is 0. The fourth-order valence-corrected chi connectivity index (χ4v) is 2.76. The van der Waals surface area contributed by atoms with Gasteiger partial charge in [0.05, 0.1) is 30.5 Å². The predicted octanol–water partition coefficient (Wildman–Crippen LogP) is 2.04. The maximum Gasteiger partial charge on any atom is 0.0877 e. The molecule has 0 unspecified atom stereocenters. The van der Waals surface area contributed by atoms with Crippen molar-refractivity contribution in [3.8, 4) is 12.3 Å². The Kier molecular flexibility index (Phi) is 5.47. The Morgan fingerprint density at radius 1 is 1.32 bits per heavy atom. The van der Waals surface area contributed by atoms with Crippen molar-refractivity contribution in [1.29, 1.82) is 0 Å². The van der Waals surface area contributed by atoms with Crippen LogP contribution in [0.2, 0.25) is 0 Å². The highest BCUT2D eigenvalue weighted by Gasteiger charge is 2.47. The van der Waals surface area contributed by atoms with E-state index in [4.69, 9.17) is 27.5 Å². The van der Waals surface area contributed by atoms with E-state index in [-0.39, 0.29) is 24.4 Å². The molecule has 19 heavy (non-hydrogen) atoms. The summed E-state index contributed by atoms with van der Waals surface area (Å²) >= 11 is 5.53. The van der Waals surface area contributed by atoms with Crippen LogP contribution < -0.4 is 0 Å². The number of hydrogen-bond acceptors (Lipinski definition) is 3. The Morgan fingerprint density at radius 3 is 2.68 bits per heavy atom. The monoisotopic (exact) mass is 282 g/mol. The largest absolute Gasteiger partial charge is 0.389 e. The molecule has 2 heterocycles. The van der Waals surface area contributed by atoms with E-state index in [0.717, 1.165) is 12.8 Å². The minimum absolute atomic E-state index is 0.0205. The van der Waals surface area contributed by atoms with Crippen molar-refractivity contribution in [1.82, 2.24) is 0 Å². The first kappa shape index (κ1) is 14.6. The third-order valence-corrected chi connectivity index (χ3v) is 3.67. The molecule has 2 aliphatic rings. The first-order chi connectivity index (χ1) is 9.24. The number of hydrogen-bond donors (Lipinski definition) is 1. The molecule has 2 rings (SSSR count). The molecular weight excluding hydrogens is 264 g/mol. The van der Waals surface area contributed by atoms with Crippen LogP contribution in [0.5, 0.6) is 0 Å². The minimum Gasteiger partial charge on any atom is -0.389 e. The molecule has 0 aromatic heterocycles. The lowest BCUT2D eigenvalue weighted by atomic mass is 10.1. The number of fused-ring (bicyclic) bond motifs is 2. The number of allylic oxidation sites excluding steroid dienone is 2. The van der Waals surface area contributed by atoms with E-state index in [1.54, 1.807) is 18.2 Å². The summed E-state index contributed by atoms with van der Waals surface area (Å²) in [7, 11) is 0. The maximum atomic E-state index is 9.79. The van der Waals surface area contributed by atoms with Gasteiger partial charge in [-0.2, -0.15) is 0 Å². The number of ether oxygens (including phenoxy) is 2. The zero-order valence-electron chi connectivity index (χ0n) is 10.7. The van der Waals surface area contributed by atoms with Gasteiger partial charge in [0.1, 0.15) is 0 Å². The molecule has 4 heteroatoms. The van der Waals surface area contributed by atoms with Gasteiger partial charge in [-0.1, -0.05) is 24.1 Å². The van der Waals surface area contributed by atoms with Gasteiger partial charge >= 0.3 is 0 Å². The van der Waals surface area contributed by atoms with E-state index in [0.29, 0.717) is 12.3 Å². The highest BCUT2D eigenvalue weighted by molar-refractivity contribution is 6.18. The van der Waals surface area contributed by atoms with Crippen LogP contribution in [0, 0.1) is 12.3 Å². The number of rotatable bonds is 6. The second kappa shape index (κ2) is 7.12. The average molecular weight is 283 g/mol. The molecule has 0 spiro atoms. The van der Waals surface area contributed by atoms with Crippen molar-refractivity contribution in [2.24, 2.45) is 0 Å². The van der Waals surface area contributed by atoms with Crippen LogP contribution >= 0.6 is 11.6 Å². The smallest absolute Gasteiger partial charge is 0.0877 e. The topological polar surface area (TPSA) is 38.7 Å². The minimum atomic E-state index is -0.522. The first-order valence-corrected chi connectivity index (χ1v) is 7.10. The molecule has 0 aromatic rings. The van der Waals surface area contributed by atoms with Gasteiger partial charge in [0.25, 0.3) is 0 Å². The van der Waals surface area contributed by atoms with E-state index in [1.165, 1.54) is 0 Å². The Morgan fingerprint density at radius 2 is 2.05 bits per heavy atom. The molecule has 0 saturated carbocycles. The third kappa shape index (κ3) is 3.84. The zero-order chi connectivity index (χ0) is 13.7. The van der Waals surface area contributed by atoms with Gasteiger partial charge in [-0.3, -0.25) is 0 Å². The lowest BCUT2D eigenvalue weighted by Gasteiger charge is -2.29. The molecule has 2 fully saturated rings. The van der Waals surface area contributed by atoms with Crippen molar-refractivity contribution >= 4 is 11.6 Å². The summed E-state index contributed by atoms with van der Waals surface area (Å²) in [6, 6.07) is 0. The Bertz CT molecular complexity index is 385. The Balaban J connectivity index is 1.78. The predicted molar refractivity (Wildman–Crippen MR) is 75.0 cm³/mol. The number of halogens is 1. The van der Waals surface area contributed by atoms with Crippen molar-refractivity contribution < 1.29 is 14.6 Å². The van der Waals surface area contributed by atoms with Crippen LogP contribution in [-0.4, -0.2) is 41.5 Å². The van der Waals surface area contributed by atoms with Gasteiger partial charge in [-0.15, -0.1) is 18.0 Å². The van der Waals surface area contributed by atoms with E-state index in [2.05, 4.69) is 5.92 Å². The molecule has 0 amide bonds.